The van der Waals surface area contributed by atoms with Crippen molar-refractivity contribution in [3.05, 3.63) is 22.0 Å². The van der Waals surface area contributed by atoms with Crippen LogP contribution in [-0.4, -0.2) is 9.78 Å². The van der Waals surface area contributed by atoms with Gasteiger partial charge >= 0.3 is 0 Å². The van der Waals surface area contributed by atoms with E-state index in [0.29, 0.717) is 0 Å². The molecular weight excluding hydrogens is 227 g/mol. The smallest absolute Gasteiger partial charge is 0.106 e. The van der Waals surface area contributed by atoms with Gasteiger partial charge in [-0.1, -0.05) is 12.7 Å². The van der Waals surface area contributed by atoms with E-state index in [1.165, 1.54) is 0 Å². The predicted octanol–water partition coefficient (Wildman–Crippen LogP) is 1.67. The van der Waals surface area contributed by atoms with Crippen molar-refractivity contribution < 1.29 is 0 Å². The summed E-state index contributed by atoms with van der Waals surface area (Å²) in [6.07, 6.45) is 3.60. The summed E-state index contributed by atoms with van der Waals surface area (Å²) in [5.74, 6) is 0. The van der Waals surface area contributed by atoms with Crippen LogP contribution in [0.5, 0.6) is 0 Å². The van der Waals surface area contributed by atoms with E-state index >= 15 is 0 Å². The van der Waals surface area contributed by atoms with Crippen molar-refractivity contribution in [2.75, 3.05) is 0 Å². The molecule has 0 amide bonds. The van der Waals surface area contributed by atoms with Crippen LogP contribution >= 0.6 is 22.6 Å². The maximum atomic E-state index is 4.02. The molecule has 0 atom stereocenters. The van der Waals surface area contributed by atoms with Crippen molar-refractivity contribution >= 4 is 28.7 Å². The molecule has 0 spiro atoms. The van der Waals surface area contributed by atoms with E-state index in [1.54, 1.807) is 12.3 Å². The highest BCUT2D eigenvalue weighted by molar-refractivity contribution is 14.1. The normalized spacial score (nSPS) is 9.56. The van der Waals surface area contributed by atoms with Crippen LogP contribution in [0.4, 0.5) is 0 Å². The molecule has 0 radical (unpaired) electrons. The van der Waals surface area contributed by atoms with Gasteiger partial charge in [-0.15, -0.1) is 0 Å². The van der Waals surface area contributed by atoms with Gasteiger partial charge in [-0.3, -0.25) is 4.68 Å². The second-order valence-corrected chi connectivity index (χ2v) is 2.74. The summed E-state index contributed by atoms with van der Waals surface area (Å²) in [5.41, 5.74) is 1.10. The standard InChI is InChI=1S/C6H7IN2/c1-3-5-4-8-9(2)6(5)7/h3-4H,1H2,2H3. The molecule has 48 valence electrons. The van der Waals surface area contributed by atoms with Crippen molar-refractivity contribution in [2.45, 2.75) is 0 Å². The van der Waals surface area contributed by atoms with Gasteiger partial charge in [-0.25, -0.2) is 0 Å². The quantitative estimate of drug-likeness (QED) is 0.676. The summed E-state index contributed by atoms with van der Waals surface area (Å²) in [5, 5.41) is 4.02. The Balaban J connectivity index is 3.18. The first-order valence-electron chi connectivity index (χ1n) is 2.55. The summed E-state index contributed by atoms with van der Waals surface area (Å²) in [6, 6.07) is 0. The fourth-order valence-electron chi connectivity index (χ4n) is 0.577. The SMILES string of the molecule is C=Cc1cnn(C)c1I. The Labute approximate surface area is 67.7 Å². The topological polar surface area (TPSA) is 17.8 Å². The highest BCUT2D eigenvalue weighted by Gasteiger charge is 1.98. The third-order valence-electron chi connectivity index (χ3n) is 1.11. The summed E-state index contributed by atoms with van der Waals surface area (Å²) < 4.78 is 2.94. The summed E-state index contributed by atoms with van der Waals surface area (Å²) in [7, 11) is 1.91. The van der Waals surface area contributed by atoms with Crippen molar-refractivity contribution in [1.82, 2.24) is 9.78 Å². The van der Waals surface area contributed by atoms with Crippen molar-refractivity contribution in [1.29, 1.82) is 0 Å². The minimum atomic E-state index is 1.10. The van der Waals surface area contributed by atoms with Gasteiger partial charge < -0.3 is 0 Å². The van der Waals surface area contributed by atoms with Crippen LogP contribution in [0.2, 0.25) is 0 Å². The molecule has 0 N–H and O–H groups in total. The average Bonchev–Trinajstić information content (AvgIpc) is 2.15. The second kappa shape index (κ2) is 2.51. The number of hydrogen-bond acceptors (Lipinski definition) is 1. The molecule has 1 rings (SSSR count). The number of hydrogen-bond donors (Lipinski definition) is 0. The monoisotopic (exact) mass is 234 g/mol. The Bertz CT molecular complexity index is 227. The van der Waals surface area contributed by atoms with Gasteiger partial charge in [0.05, 0.1) is 6.20 Å². The lowest BCUT2D eigenvalue weighted by molar-refractivity contribution is 0.747. The second-order valence-electron chi connectivity index (χ2n) is 1.72. The average molecular weight is 234 g/mol. The van der Waals surface area contributed by atoms with E-state index in [4.69, 9.17) is 0 Å². The van der Waals surface area contributed by atoms with E-state index in [0.717, 1.165) is 9.26 Å². The van der Waals surface area contributed by atoms with Crippen LogP contribution in [0.3, 0.4) is 0 Å². The summed E-state index contributed by atoms with van der Waals surface area (Å²) >= 11 is 2.23. The molecule has 0 unspecified atom stereocenters. The molecule has 0 aliphatic carbocycles. The number of halogens is 1. The van der Waals surface area contributed by atoms with Crippen LogP contribution in [-0.2, 0) is 7.05 Å². The molecule has 0 aromatic carbocycles. The van der Waals surface area contributed by atoms with Gasteiger partial charge in [-0.05, 0) is 22.6 Å². The Morgan fingerprint density at radius 1 is 1.89 bits per heavy atom. The van der Waals surface area contributed by atoms with E-state index in [1.807, 2.05) is 11.7 Å². The van der Waals surface area contributed by atoms with Gasteiger partial charge in [-0.2, -0.15) is 5.10 Å². The van der Waals surface area contributed by atoms with Gasteiger partial charge in [0, 0.05) is 12.6 Å². The highest BCUT2D eigenvalue weighted by atomic mass is 127. The number of rotatable bonds is 1. The third kappa shape index (κ3) is 1.15. The van der Waals surface area contributed by atoms with Crippen molar-refractivity contribution in [3.63, 3.8) is 0 Å². The lowest BCUT2D eigenvalue weighted by Gasteiger charge is -1.89. The molecule has 9 heavy (non-hydrogen) atoms. The van der Waals surface area contributed by atoms with Crippen LogP contribution in [0.25, 0.3) is 6.08 Å². The summed E-state index contributed by atoms with van der Waals surface area (Å²) in [4.78, 5) is 0. The van der Waals surface area contributed by atoms with Crippen LogP contribution in [0.15, 0.2) is 12.8 Å². The third-order valence-corrected chi connectivity index (χ3v) is 2.43. The van der Waals surface area contributed by atoms with Crippen LogP contribution < -0.4 is 0 Å². The van der Waals surface area contributed by atoms with Crippen LogP contribution in [0.1, 0.15) is 5.56 Å². The number of nitrogens with zero attached hydrogens (tertiary/aromatic N) is 2. The lowest BCUT2D eigenvalue weighted by atomic mass is 10.4. The minimum absolute atomic E-state index is 1.10. The first-order chi connectivity index (χ1) is 4.25. The van der Waals surface area contributed by atoms with Gasteiger partial charge in [0.1, 0.15) is 3.70 Å². The Kier molecular flexibility index (Phi) is 1.90. The molecule has 1 aromatic rings. The highest BCUT2D eigenvalue weighted by Crippen LogP contribution is 2.10. The molecule has 2 nitrogen and oxygen atoms in total. The molecule has 1 aromatic heterocycles. The van der Waals surface area contributed by atoms with Gasteiger partial charge in [0.2, 0.25) is 0 Å². The lowest BCUT2D eigenvalue weighted by Crippen LogP contribution is -1.91. The first-order valence-corrected chi connectivity index (χ1v) is 3.63. The fraction of sp³-hybridized carbons (Fsp3) is 0.167. The maximum Gasteiger partial charge on any atom is 0.106 e. The van der Waals surface area contributed by atoms with E-state index < -0.39 is 0 Å². The number of aromatic nitrogens is 2. The largest absolute Gasteiger partial charge is 0.262 e. The molecule has 3 heteroatoms. The first kappa shape index (κ1) is 6.80. The van der Waals surface area contributed by atoms with E-state index in [-0.39, 0.29) is 0 Å². The van der Waals surface area contributed by atoms with Crippen LogP contribution in [0, 0.1) is 3.70 Å². The zero-order valence-corrected chi connectivity index (χ0v) is 7.29. The zero-order valence-electron chi connectivity index (χ0n) is 5.13. The molecule has 0 bridgehead atoms. The molecule has 0 aliphatic heterocycles. The van der Waals surface area contributed by atoms with Crippen molar-refractivity contribution in [3.8, 4) is 0 Å². The molecule has 0 saturated heterocycles. The molecule has 0 aliphatic rings. The number of aryl methyl sites for hydroxylation is 1. The van der Waals surface area contributed by atoms with Gasteiger partial charge in [0.25, 0.3) is 0 Å². The van der Waals surface area contributed by atoms with E-state index in [2.05, 4.69) is 34.3 Å². The van der Waals surface area contributed by atoms with Crippen molar-refractivity contribution in [2.24, 2.45) is 7.05 Å². The maximum absolute atomic E-state index is 4.02. The Morgan fingerprint density at radius 2 is 2.56 bits per heavy atom. The molecular formula is C6H7IN2. The summed E-state index contributed by atoms with van der Waals surface area (Å²) in [6.45, 7) is 3.65. The van der Waals surface area contributed by atoms with Gasteiger partial charge in [0.15, 0.2) is 0 Å². The predicted molar refractivity (Wildman–Crippen MR) is 46.0 cm³/mol. The minimum Gasteiger partial charge on any atom is -0.262 e. The Morgan fingerprint density at radius 3 is 2.78 bits per heavy atom. The zero-order chi connectivity index (χ0) is 6.85. The molecule has 1 heterocycles. The molecule has 0 saturated carbocycles. The Hall–Kier alpha value is -0.320. The fourth-order valence-corrected chi connectivity index (χ4v) is 1.06. The molecule has 0 fully saturated rings. The van der Waals surface area contributed by atoms with E-state index in [9.17, 15) is 0 Å².